The van der Waals surface area contributed by atoms with Crippen LogP contribution in [0.25, 0.3) is 0 Å². The van der Waals surface area contributed by atoms with E-state index >= 15 is 0 Å². The number of nitrogens with zero attached hydrogens (tertiary/aromatic N) is 2. The van der Waals surface area contributed by atoms with Crippen LogP contribution in [0.2, 0.25) is 10.0 Å². The second kappa shape index (κ2) is 10.5. The van der Waals surface area contributed by atoms with Crippen LogP contribution in [-0.4, -0.2) is 45.9 Å². The largest absolute Gasteiger partial charge is 0.489 e. The van der Waals surface area contributed by atoms with E-state index in [1.165, 1.54) is 12.4 Å². The number of hydrogen-bond donors (Lipinski definition) is 3. The summed E-state index contributed by atoms with van der Waals surface area (Å²) in [5, 5.41) is 20.8. The van der Waals surface area contributed by atoms with Crippen molar-refractivity contribution >= 4 is 34.6 Å². The van der Waals surface area contributed by atoms with Crippen LogP contribution in [0.15, 0.2) is 48.8 Å². The highest BCUT2D eigenvalue weighted by molar-refractivity contribution is 6.35. The summed E-state index contributed by atoms with van der Waals surface area (Å²) in [5.74, 6) is 1.22. The summed E-state index contributed by atoms with van der Waals surface area (Å²) in [4.78, 5) is 6.36. The van der Waals surface area contributed by atoms with E-state index in [0.717, 1.165) is 32.5 Å². The molecule has 2 aromatic carbocycles. The van der Waals surface area contributed by atoms with Gasteiger partial charge in [0.05, 0.1) is 21.9 Å². The zero-order chi connectivity index (χ0) is 26.2. The number of likely N-dealkylation sites (tertiary alicyclic amines) is 1. The standard InChI is InChI=1S/C28H30Cl2N4O3/c1-2-34-9-7-28(8-10-34)13-25(35)20-11-17(3-6-26(20)37-28)27(32)19-12-18(4-5-24(19)31)36-16-21-22(29)14-33-15-23(21)30/h3-6,11-12,14-15,25,32,35H,2,7-10,13,16,31H2,1H3. The van der Waals surface area contributed by atoms with Gasteiger partial charge in [-0.3, -0.25) is 10.4 Å². The number of benzene rings is 2. The van der Waals surface area contributed by atoms with Gasteiger partial charge in [0.25, 0.3) is 0 Å². The van der Waals surface area contributed by atoms with Crippen LogP contribution in [0.5, 0.6) is 11.5 Å². The van der Waals surface area contributed by atoms with Crippen molar-refractivity contribution in [2.45, 2.75) is 44.5 Å². The Morgan fingerprint density at radius 3 is 2.62 bits per heavy atom. The summed E-state index contributed by atoms with van der Waals surface area (Å²) < 4.78 is 12.4. The Morgan fingerprint density at radius 1 is 1.19 bits per heavy atom. The summed E-state index contributed by atoms with van der Waals surface area (Å²) in [7, 11) is 0. The average molecular weight is 541 g/mol. The van der Waals surface area contributed by atoms with Crippen LogP contribution in [-0.2, 0) is 6.61 Å². The third kappa shape index (κ3) is 5.27. The number of aliphatic hydroxyl groups excluding tert-OH is 1. The lowest BCUT2D eigenvalue weighted by atomic mass is 9.81. The van der Waals surface area contributed by atoms with E-state index in [9.17, 15) is 5.11 Å². The van der Waals surface area contributed by atoms with Crippen LogP contribution in [0.4, 0.5) is 5.69 Å². The molecule has 9 heteroatoms. The molecule has 1 spiro atoms. The number of piperidine rings is 1. The molecular formula is C28H30Cl2N4O3. The number of hydrogen-bond acceptors (Lipinski definition) is 7. The number of anilines is 1. The van der Waals surface area contributed by atoms with Crippen molar-refractivity contribution in [3.63, 3.8) is 0 Å². The Morgan fingerprint density at radius 2 is 1.92 bits per heavy atom. The van der Waals surface area contributed by atoms with E-state index in [-0.39, 0.29) is 17.9 Å². The van der Waals surface area contributed by atoms with E-state index < -0.39 is 6.10 Å². The van der Waals surface area contributed by atoms with Crippen LogP contribution in [0.3, 0.4) is 0 Å². The monoisotopic (exact) mass is 540 g/mol. The van der Waals surface area contributed by atoms with Gasteiger partial charge < -0.3 is 25.2 Å². The summed E-state index contributed by atoms with van der Waals surface area (Å²) in [6.07, 6.45) is 4.73. The van der Waals surface area contributed by atoms with Gasteiger partial charge in [0.2, 0.25) is 0 Å². The molecule has 0 saturated carbocycles. The van der Waals surface area contributed by atoms with E-state index in [1.54, 1.807) is 18.2 Å². The lowest BCUT2D eigenvalue weighted by Crippen LogP contribution is -2.50. The Bertz CT molecular complexity index is 1300. The zero-order valence-electron chi connectivity index (χ0n) is 20.6. The number of nitrogen functional groups attached to an aromatic ring is 1. The van der Waals surface area contributed by atoms with Crippen molar-refractivity contribution in [2.75, 3.05) is 25.4 Å². The molecule has 1 fully saturated rings. The number of aliphatic hydroxyl groups is 1. The fourth-order valence-corrected chi connectivity index (χ4v) is 5.58. The third-order valence-electron chi connectivity index (χ3n) is 7.39. The second-order valence-corrected chi connectivity index (χ2v) is 10.5. The molecule has 0 radical (unpaired) electrons. The summed E-state index contributed by atoms with van der Waals surface area (Å²) in [6, 6.07) is 10.7. The highest BCUT2D eigenvalue weighted by Crippen LogP contribution is 2.44. The molecule has 2 aliphatic rings. The number of nitrogens with two attached hydrogens (primary N) is 1. The molecule has 3 heterocycles. The zero-order valence-corrected chi connectivity index (χ0v) is 22.1. The summed E-state index contributed by atoms with van der Waals surface area (Å²) in [6.45, 7) is 5.29. The van der Waals surface area contributed by atoms with Crippen molar-refractivity contribution in [3.8, 4) is 11.5 Å². The maximum absolute atomic E-state index is 11.1. The SMILES string of the molecule is CCN1CCC2(CC1)CC(O)c1cc(C(=N)c3cc(OCc4c(Cl)cncc4Cl)ccc3N)ccc1O2. The van der Waals surface area contributed by atoms with Crippen molar-refractivity contribution in [1.29, 1.82) is 5.41 Å². The molecule has 1 saturated heterocycles. The van der Waals surface area contributed by atoms with Gasteiger partial charge in [-0.25, -0.2) is 0 Å². The van der Waals surface area contributed by atoms with E-state index in [4.69, 9.17) is 43.8 Å². The van der Waals surface area contributed by atoms with Gasteiger partial charge in [-0.05, 0) is 55.8 Å². The minimum absolute atomic E-state index is 0.150. The van der Waals surface area contributed by atoms with Gasteiger partial charge in [-0.15, -0.1) is 0 Å². The molecule has 3 aromatic rings. The quantitative estimate of drug-likeness (QED) is 0.276. The molecule has 4 N–H and O–H groups in total. The van der Waals surface area contributed by atoms with Crippen LogP contribution < -0.4 is 15.2 Å². The molecule has 0 amide bonds. The van der Waals surface area contributed by atoms with Crippen molar-refractivity contribution in [1.82, 2.24) is 9.88 Å². The number of fused-ring (bicyclic) bond motifs is 1. The molecule has 1 unspecified atom stereocenters. The molecule has 2 aliphatic heterocycles. The van der Waals surface area contributed by atoms with E-state index in [1.807, 2.05) is 18.2 Å². The van der Waals surface area contributed by atoms with Crippen LogP contribution in [0.1, 0.15) is 54.5 Å². The predicted octanol–water partition coefficient (Wildman–Crippen LogP) is 5.64. The first-order chi connectivity index (χ1) is 17.8. The second-order valence-electron chi connectivity index (χ2n) is 9.69. The van der Waals surface area contributed by atoms with Crippen LogP contribution >= 0.6 is 23.2 Å². The van der Waals surface area contributed by atoms with Gasteiger partial charge in [0, 0.05) is 59.8 Å². The number of ether oxygens (including phenoxy) is 2. The Hall–Kier alpha value is -2.84. The Kier molecular flexibility index (Phi) is 7.32. The molecular weight excluding hydrogens is 511 g/mol. The molecule has 0 bridgehead atoms. The van der Waals surface area contributed by atoms with Gasteiger partial charge in [0.15, 0.2) is 0 Å². The number of aromatic nitrogens is 1. The molecule has 1 aromatic heterocycles. The first-order valence-corrected chi connectivity index (χ1v) is 13.2. The number of rotatable bonds is 6. The molecule has 194 valence electrons. The molecule has 7 nitrogen and oxygen atoms in total. The minimum Gasteiger partial charge on any atom is -0.489 e. The lowest BCUT2D eigenvalue weighted by Gasteiger charge is -2.45. The first kappa shape index (κ1) is 25.8. The van der Waals surface area contributed by atoms with E-state index in [0.29, 0.717) is 55.9 Å². The van der Waals surface area contributed by atoms with Crippen LogP contribution in [0, 0.1) is 5.41 Å². The van der Waals surface area contributed by atoms with Gasteiger partial charge in [0.1, 0.15) is 23.7 Å². The summed E-state index contributed by atoms with van der Waals surface area (Å²) in [5.41, 5.74) is 9.10. The Labute approximate surface area is 226 Å². The highest BCUT2D eigenvalue weighted by atomic mass is 35.5. The number of halogens is 2. The molecule has 1 atom stereocenters. The average Bonchev–Trinajstić information content (AvgIpc) is 2.89. The molecule has 0 aliphatic carbocycles. The molecule has 37 heavy (non-hydrogen) atoms. The Balaban J connectivity index is 1.35. The van der Waals surface area contributed by atoms with Crippen molar-refractivity contribution in [3.05, 3.63) is 81.1 Å². The topological polar surface area (TPSA) is 105 Å². The molecule has 5 rings (SSSR count). The van der Waals surface area contributed by atoms with Crippen molar-refractivity contribution in [2.24, 2.45) is 0 Å². The fraction of sp³-hybridized carbons (Fsp3) is 0.357. The fourth-order valence-electron chi connectivity index (χ4n) is 5.11. The maximum Gasteiger partial charge on any atom is 0.125 e. The van der Waals surface area contributed by atoms with E-state index in [2.05, 4.69) is 16.8 Å². The highest BCUT2D eigenvalue weighted by Gasteiger charge is 2.42. The van der Waals surface area contributed by atoms with Gasteiger partial charge in [-0.2, -0.15) is 0 Å². The maximum atomic E-state index is 11.1. The normalized spacial score (nSPS) is 18.8. The lowest BCUT2D eigenvalue weighted by molar-refractivity contribution is -0.0531. The van der Waals surface area contributed by atoms with Gasteiger partial charge in [-0.1, -0.05) is 30.1 Å². The smallest absolute Gasteiger partial charge is 0.125 e. The summed E-state index contributed by atoms with van der Waals surface area (Å²) >= 11 is 12.4. The third-order valence-corrected chi connectivity index (χ3v) is 8.04. The number of pyridine rings is 1. The van der Waals surface area contributed by atoms with Crippen molar-refractivity contribution < 1.29 is 14.6 Å². The number of nitrogens with one attached hydrogen (secondary N) is 1. The van der Waals surface area contributed by atoms with Gasteiger partial charge >= 0.3 is 0 Å². The first-order valence-electron chi connectivity index (χ1n) is 12.4. The predicted molar refractivity (Wildman–Crippen MR) is 146 cm³/mol. The minimum atomic E-state index is -0.647.